The van der Waals surface area contributed by atoms with Crippen molar-refractivity contribution in [2.24, 2.45) is 5.92 Å². The number of nitrogens with one attached hydrogen (secondary N) is 2. The third-order valence-corrected chi connectivity index (χ3v) is 6.50. The lowest BCUT2D eigenvalue weighted by Crippen LogP contribution is -2.54. The summed E-state index contributed by atoms with van der Waals surface area (Å²) in [7, 11) is 0. The molecule has 0 bridgehead atoms. The number of hydrogen-bond donors (Lipinski definition) is 2. The minimum Gasteiger partial charge on any atom is -0.444 e. The molecule has 2 atom stereocenters. The molecule has 0 saturated carbocycles. The Hall–Kier alpha value is -3.35. The van der Waals surface area contributed by atoms with Crippen LogP contribution in [0.25, 0.3) is 0 Å². The number of nitrogens with zero attached hydrogens (tertiary/aromatic N) is 1. The van der Waals surface area contributed by atoms with Crippen LogP contribution >= 0.6 is 0 Å². The van der Waals surface area contributed by atoms with Crippen molar-refractivity contribution in [3.63, 3.8) is 0 Å². The molecule has 7 nitrogen and oxygen atoms in total. The molecule has 0 aromatic heterocycles. The van der Waals surface area contributed by atoms with Gasteiger partial charge in [0.2, 0.25) is 5.91 Å². The van der Waals surface area contributed by atoms with Gasteiger partial charge in [0, 0.05) is 12.2 Å². The summed E-state index contributed by atoms with van der Waals surface area (Å²) in [6, 6.07) is 13.5. The van der Waals surface area contributed by atoms with E-state index in [0.29, 0.717) is 12.2 Å². The number of para-hydroxylation sites is 1. The quantitative estimate of drug-likeness (QED) is 0.287. The van der Waals surface area contributed by atoms with E-state index in [-0.39, 0.29) is 17.7 Å². The summed E-state index contributed by atoms with van der Waals surface area (Å²) < 4.78 is 5.46. The van der Waals surface area contributed by atoms with Crippen molar-refractivity contribution in [3.05, 3.63) is 65.2 Å². The fourth-order valence-corrected chi connectivity index (χ4v) is 4.34. The van der Waals surface area contributed by atoms with Crippen molar-refractivity contribution in [3.8, 4) is 0 Å². The van der Waals surface area contributed by atoms with E-state index in [1.54, 1.807) is 25.7 Å². The van der Waals surface area contributed by atoms with Crippen molar-refractivity contribution >= 4 is 23.6 Å². The first-order chi connectivity index (χ1) is 18.3. The molecule has 0 radical (unpaired) electrons. The number of aryl methyl sites for hydroxylation is 2. The van der Waals surface area contributed by atoms with Crippen LogP contribution < -0.4 is 10.6 Å². The van der Waals surface area contributed by atoms with Crippen molar-refractivity contribution < 1.29 is 19.1 Å². The molecule has 7 heteroatoms. The van der Waals surface area contributed by atoms with Crippen molar-refractivity contribution in [1.29, 1.82) is 0 Å². The Bertz CT molecular complexity index is 1090. The van der Waals surface area contributed by atoms with Crippen LogP contribution in [0.1, 0.15) is 90.0 Å². The molecule has 2 unspecified atom stereocenters. The summed E-state index contributed by atoms with van der Waals surface area (Å²) in [5.74, 6) is -0.823. The highest BCUT2D eigenvalue weighted by atomic mass is 16.6. The van der Waals surface area contributed by atoms with Gasteiger partial charge in [-0.3, -0.25) is 9.59 Å². The van der Waals surface area contributed by atoms with Gasteiger partial charge < -0.3 is 20.3 Å². The van der Waals surface area contributed by atoms with E-state index < -0.39 is 23.8 Å². The second-order valence-electron chi connectivity index (χ2n) is 11.6. The molecule has 0 aliphatic heterocycles. The van der Waals surface area contributed by atoms with Crippen LogP contribution in [0, 0.1) is 19.8 Å². The lowest BCUT2D eigenvalue weighted by Gasteiger charge is -2.36. The topological polar surface area (TPSA) is 87.7 Å². The predicted octanol–water partition coefficient (Wildman–Crippen LogP) is 6.94. The summed E-state index contributed by atoms with van der Waals surface area (Å²) in [5.41, 5.74) is 2.71. The molecule has 0 fully saturated rings. The van der Waals surface area contributed by atoms with Gasteiger partial charge in [0.25, 0.3) is 5.91 Å². The maximum absolute atomic E-state index is 14.2. The summed E-state index contributed by atoms with van der Waals surface area (Å²) in [5, 5.41) is 5.84. The number of unbranched alkanes of at least 4 members (excludes halogenated alkanes) is 3. The number of benzene rings is 2. The van der Waals surface area contributed by atoms with E-state index in [1.807, 2.05) is 76.2 Å². The summed E-state index contributed by atoms with van der Waals surface area (Å²) >= 11 is 0. The monoisotopic (exact) mass is 537 g/mol. The molecule has 2 N–H and O–H groups in total. The van der Waals surface area contributed by atoms with Gasteiger partial charge >= 0.3 is 6.09 Å². The third kappa shape index (κ3) is 10.0. The van der Waals surface area contributed by atoms with Crippen LogP contribution in [-0.2, 0) is 14.3 Å². The van der Waals surface area contributed by atoms with E-state index >= 15 is 0 Å². The molecule has 2 aromatic carbocycles. The number of rotatable bonds is 12. The van der Waals surface area contributed by atoms with Gasteiger partial charge in [-0.05, 0) is 64.2 Å². The Balaban J connectivity index is 2.52. The van der Waals surface area contributed by atoms with E-state index in [1.165, 1.54) is 0 Å². The predicted molar refractivity (Wildman–Crippen MR) is 158 cm³/mol. The van der Waals surface area contributed by atoms with Gasteiger partial charge in [-0.2, -0.15) is 0 Å². The van der Waals surface area contributed by atoms with Gasteiger partial charge in [-0.25, -0.2) is 4.79 Å². The number of carbonyl (C=O) groups excluding carboxylic acids is 3. The number of ether oxygens (including phenoxy) is 1. The lowest BCUT2D eigenvalue weighted by molar-refractivity contribution is -0.141. The fourth-order valence-electron chi connectivity index (χ4n) is 4.34. The van der Waals surface area contributed by atoms with Crippen molar-refractivity contribution in [2.45, 2.75) is 98.8 Å². The highest BCUT2D eigenvalue weighted by Gasteiger charge is 2.37. The Morgan fingerprint density at radius 3 is 2.13 bits per heavy atom. The maximum atomic E-state index is 14.2. The van der Waals surface area contributed by atoms with Crippen molar-refractivity contribution in [2.75, 3.05) is 11.9 Å². The maximum Gasteiger partial charge on any atom is 0.408 e. The zero-order valence-corrected chi connectivity index (χ0v) is 25.0. The Labute approximate surface area is 234 Å². The molecule has 0 spiro atoms. The van der Waals surface area contributed by atoms with Gasteiger partial charge in [0.1, 0.15) is 17.7 Å². The molecule has 3 amide bonds. The lowest BCUT2D eigenvalue weighted by atomic mass is 9.97. The molecule has 39 heavy (non-hydrogen) atoms. The molecule has 0 aliphatic carbocycles. The fraction of sp³-hybridized carbons (Fsp3) is 0.531. The van der Waals surface area contributed by atoms with Crippen LogP contribution in [-0.4, -0.2) is 41.0 Å². The molecule has 2 rings (SSSR count). The zero-order valence-electron chi connectivity index (χ0n) is 25.0. The first kappa shape index (κ1) is 31.9. The number of amides is 3. The number of carbonyl (C=O) groups is 3. The Morgan fingerprint density at radius 2 is 1.56 bits per heavy atom. The molecular weight excluding hydrogens is 490 g/mol. The van der Waals surface area contributed by atoms with E-state index in [9.17, 15) is 14.4 Å². The molecule has 0 saturated heterocycles. The van der Waals surface area contributed by atoms with Crippen LogP contribution in [0.5, 0.6) is 0 Å². The minimum atomic E-state index is -0.874. The minimum absolute atomic E-state index is 0.221. The van der Waals surface area contributed by atoms with Gasteiger partial charge in [0.15, 0.2) is 0 Å². The number of alkyl carbamates (subject to hydrolysis) is 1. The summed E-state index contributed by atoms with van der Waals surface area (Å²) in [6.45, 7) is 15.5. The van der Waals surface area contributed by atoms with Crippen molar-refractivity contribution in [1.82, 2.24) is 10.2 Å². The number of hydrogen-bond acceptors (Lipinski definition) is 4. The smallest absolute Gasteiger partial charge is 0.408 e. The zero-order chi connectivity index (χ0) is 29.2. The molecule has 2 aromatic rings. The van der Waals surface area contributed by atoms with E-state index in [0.717, 1.165) is 42.4 Å². The number of anilines is 1. The Kier molecular flexibility index (Phi) is 12.0. The largest absolute Gasteiger partial charge is 0.444 e. The van der Waals surface area contributed by atoms with Gasteiger partial charge in [-0.15, -0.1) is 0 Å². The normalized spacial score (nSPS) is 12.9. The molecule has 0 aliphatic rings. The molecule has 0 heterocycles. The van der Waals surface area contributed by atoms with E-state index in [2.05, 4.69) is 17.6 Å². The Morgan fingerprint density at radius 1 is 0.923 bits per heavy atom. The van der Waals surface area contributed by atoms with Gasteiger partial charge in [0.05, 0.1) is 0 Å². The highest BCUT2D eigenvalue weighted by Crippen LogP contribution is 2.27. The average molecular weight is 538 g/mol. The standard InChI is InChI=1S/C32H47N3O4/c1-9-10-11-14-21-35(30(37)27(22(2)3)34-31(38)39-32(6,7)8)28(25-19-17-23(4)18-20-25)29(36)33-26-16-13-12-15-24(26)5/h12-13,15-20,22,27-28H,9-11,14,21H2,1-8H3,(H,33,36)(H,34,38). The second kappa shape index (κ2) is 14.7. The van der Waals surface area contributed by atoms with Crippen LogP contribution in [0.15, 0.2) is 48.5 Å². The summed E-state index contributed by atoms with van der Waals surface area (Å²) in [6.07, 6.45) is 3.12. The molecule has 214 valence electrons. The SMILES string of the molecule is CCCCCCN(C(=O)C(NC(=O)OC(C)(C)C)C(C)C)C(C(=O)Nc1ccccc1C)c1ccc(C)cc1. The third-order valence-electron chi connectivity index (χ3n) is 6.50. The van der Waals surface area contributed by atoms with Gasteiger partial charge in [-0.1, -0.05) is 88.1 Å². The average Bonchev–Trinajstić information content (AvgIpc) is 2.85. The van der Waals surface area contributed by atoms with E-state index in [4.69, 9.17) is 4.74 Å². The first-order valence-corrected chi connectivity index (χ1v) is 14.1. The van der Waals surface area contributed by atoms with Crippen LogP contribution in [0.3, 0.4) is 0 Å². The molecular formula is C32H47N3O4. The van der Waals surface area contributed by atoms with Crippen LogP contribution in [0.2, 0.25) is 0 Å². The van der Waals surface area contributed by atoms with Crippen LogP contribution in [0.4, 0.5) is 10.5 Å². The first-order valence-electron chi connectivity index (χ1n) is 14.1. The highest BCUT2D eigenvalue weighted by molar-refractivity contribution is 5.99. The second-order valence-corrected chi connectivity index (χ2v) is 11.6. The summed E-state index contributed by atoms with van der Waals surface area (Å²) in [4.78, 5) is 42.5.